The molecule has 80 valence electrons. The summed E-state index contributed by atoms with van der Waals surface area (Å²) in [5.74, 6) is 2.12. The molecule has 3 heteroatoms. The molecule has 0 fully saturated rings. The van der Waals surface area contributed by atoms with E-state index in [-0.39, 0.29) is 0 Å². The molecule has 0 rings (SSSR count). The number of thioether (sulfide) groups is 1. The second-order valence-electron chi connectivity index (χ2n) is 3.51. The van der Waals surface area contributed by atoms with Crippen LogP contribution >= 0.6 is 11.8 Å². The number of hydrogen-bond donors (Lipinski definition) is 2. The van der Waals surface area contributed by atoms with Crippen molar-refractivity contribution in [2.45, 2.75) is 38.6 Å². The van der Waals surface area contributed by atoms with E-state index >= 15 is 0 Å². The first-order chi connectivity index (χ1) is 6.24. The zero-order valence-electron chi connectivity index (χ0n) is 9.39. The van der Waals surface area contributed by atoms with Gasteiger partial charge in [0, 0.05) is 0 Å². The molecule has 0 aliphatic carbocycles. The van der Waals surface area contributed by atoms with Crippen LogP contribution in [0.2, 0.25) is 0 Å². The summed E-state index contributed by atoms with van der Waals surface area (Å²) in [5, 5.41) is 6.42. The van der Waals surface area contributed by atoms with Crippen LogP contribution in [0.15, 0.2) is 0 Å². The highest BCUT2D eigenvalue weighted by Gasteiger charge is 2.04. The maximum atomic E-state index is 3.21. The van der Waals surface area contributed by atoms with Gasteiger partial charge in [0.05, 0.1) is 0 Å². The maximum Gasteiger partial charge on any atom is 0.105 e. The van der Waals surface area contributed by atoms with Crippen molar-refractivity contribution in [2.75, 3.05) is 19.8 Å². The van der Waals surface area contributed by atoms with Crippen LogP contribution in [0, 0.1) is 5.92 Å². The lowest BCUT2D eigenvalue weighted by molar-refractivity contribution is 0.512. The third-order valence-electron chi connectivity index (χ3n) is 2.20. The lowest BCUT2D eigenvalue weighted by Gasteiger charge is -2.16. The van der Waals surface area contributed by atoms with Gasteiger partial charge >= 0.3 is 0 Å². The zero-order valence-corrected chi connectivity index (χ0v) is 10.2. The van der Waals surface area contributed by atoms with Crippen molar-refractivity contribution in [3.63, 3.8) is 0 Å². The minimum absolute atomic E-state index is 0.411. The number of rotatable bonds is 8. The first kappa shape index (κ1) is 13.3. The molecule has 0 radical (unpaired) electrons. The normalized spacial score (nSPS) is 13.6. The Hall–Kier alpha value is 0.270. The van der Waals surface area contributed by atoms with Crippen LogP contribution in [0.4, 0.5) is 0 Å². The van der Waals surface area contributed by atoms with Crippen molar-refractivity contribution in [1.29, 1.82) is 0 Å². The molecular formula is C10H24N2S. The van der Waals surface area contributed by atoms with Crippen molar-refractivity contribution in [3.8, 4) is 0 Å². The van der Waals surface area contributed by atoms with Crippen LogP contribution in [0.25, 0.3) is 0 Å². The summed E-state index contributed by atoms with van der Waals surface area (Å²) < 4.78 is 0. The smallest absolute Gasteiger partial charge is 0.105 e. The van der Waals surface area contributed by atoms with Crippen LogP contribution in [-0.2, 0) is 0 Å². The molecule has 1 unspecified atom stereocenters. The quantitative estimate of drug-likeness (QED) is 0.593. The summed E-state index contributed by atoms with van der Waals surface area (Å²) in [4.78, 5) is 0. The first-order valence-corrected chi connectivity index (χ1v) is 6.25. The Morgan fingerprint density at radius 3 is 2.23 bits per heavy atom. The van der Waals surface area contributed by atoms with Gasteiger partial charge in [-0.2, -0.15) is 0 Å². The van der Waals surface area contributed by atoms with E-state index < -0.39 is 0 Å². The van der Waals surface area contributed by atoms with Crippen molar-refractivity contribution < 1.29 is 0 Å². The average Bonchev–Trinajstić information content (AvgIpc) is 2.13. The molecule has 0 aliphatic rings. The van der Waals surface area contributed by atoms with Crippen molar-refractivity contribution in [3.05, 3.63) is 0 Å². The number of hydrogen-bond acceptors (Lipinski definition) is 3. The van der Waals surface area contributed by atoms with Crippen molar-refractivity contribution in [2.24, 2.45) is 5.92 Å². The van der Waals surface area contributed by atoms with Crippen LogP contribution in [0.1, 0.15) is 33.1 Å². The summed E-state index contributed by atoms with van der Waals surface area (Å²) in [5.41, 5.74) is 0.411. The van der Waals surface area contributed by atoms with Gasteiger partial charge in [-0.15, -0.1) is 11.8 Å². The lowest BCUT2D eigenvalue weighted by atomic mass is 10.0. The Kier molecular flexibility index (Phi) is 9.03. The van der Waals surface area contributed by atoms with E-state index in [1.807, 2.05) is 25.9 Å². The van der Waals surface area contributed by atoms with E-state index in [4.69, 9.17) is 0 Å². The van der Waals surface area contributed by atoms with E-state index in [0.717, 1.165) is 5.92 Å². The zero-order chi connectivity index (χ0) is 10.1. The van der Waals surface area contributed by atoms with E-state index in [1.54, 1.807) is 0 Å². The van der Waals surface area contributed by atoms with E-state index in [2.05, 4.69) is 24.5 Å². The van der Waals surface area contributed by atoms with Gasteiger partial charge in [0.15, 0.2) is 0 Å². The summed E-state index contributed by atoms with van der Waals surface area (Å²) in [6, 6.07) is 0. The molecule has 0 amide bonds. The molecule has 0 aromatic rings. The summed E-state index contributed by atoms with van der Waals surface area (Å²) in [6.07, 6.45) is 4.01. The molecule has 0 heterocycles. The van der Waals surface area contributed by atoms with Gasteiger partial charge in [-0.1, -0.05) is 26.7 Å². The highest BCUT2D eigenvalue weighted by molar-refractivity contribution is 7.99. The molecule has 0 spiro atoms. The Labute approximate surface area is 87.2 Å². The Balaban J connectivity index is 3.32. The van der Waals surface area contributed by atoms with Gasteiger partial charge in [-0.25, -0.2) is 0 Å². The molecule has 0 aromatic heterocycles. The molecule has 2 nitrogen and oxygen atoms in total. The van der Waals surface area contributed by atoms with Gasteiger partial charge in [-0.3, -0.25) is 10.6 Å². The fraction of sp³-hybridized carbons (Fsp3) is 1.00. The molecule has 2 N–H and O–H groups in total. The van der Waals surface area contributed by atoms with Crippen LogP contribution < -0.4 is 10.6 Å². The van der Waals surface area contributed by atoms with Crippen LogP contribution in [0.5, 0.6) is 0 Å². The van der Waals surface area contributed by atoms with Gasteiger partial charge in [0.2, 0.25) is 0 Å². The average molecular weight is 204 g/mol. The van der Waals surface area contributed by atoms with Crippen LogP contribution in [-0.4, -0.2) is 25.3 Å². The maximum absolute atomic E-state index is 3.21. The van der Waals surface area contributed by atoms with E-state index in [0.29, 0.717) is 5.50 Å². The minimum Gasteiger partial charge on any atom is -0.296 e. The van der Waals surface area contributed by atoms with Crippen molar-refractivity contribution >= 4 is 11.8 Å². The van der Waals surface area contributed by atoms with E-state index in [9.17, 15) is 0 Å². The molecule has 0 bridgehead atoms. The summed E-state index contributed by atoms with van der Waals surface area (Å²) in [6.45, 7) is 4.60. The topological polar surface area (TPSA) is 24.1 Å². The Morgan fingerprint density at radius 1 is 1.15 bits per heavy atom. The highest BCUT2D eigenvalue weighted by atomic mass is 32.2. The highest BCUT2D eigenvalue weighted by Crippen LogP contribution is 2.15. The summed E-state index contributed by atoms with van der Waals surface area (Å²) in [7, 11) is 3.98. The Bertz CT molecular complexity index is 105. The van der Waals surface area contributed by atoms with Gasteiger partial charge in [0.25, 0.3) is 0 Å². The fourth-order valence-corrected chi connectivity index (χ4v) is 2.44. The van der Waals surface area contributed by atoms with Gasteiger partial charge in [-0.05, 0) is 32.2 Å². The van der Waals surface area contributed by atoms with Crippen LogP contribution in [0.3, 0.4) is 0 Å². The third-order valence-corrected chi connectivity index (χ3v) is 3.48. The first-order valence-electron chi connectivity index (χ1n) is 5.20. The molecule has 0 aliphatic heterocycles. The Morgan fingerprint density at radius 2 is 1.77 bits per heavy atom. The molecule has 0 saturated carbocycles. The fourth-order valence-electron chi connectivity index (χ4n) is 1.34. The number of nitrogens with one attached hydrogen (secondary N) is 2. The monoisotopic (exact) mass is 204 g/mol. The largest absolute Gasteiger partial charge is 0.296 e. The lowest BCUT2D eigenvalue weighted by Crippen LogP contribution is -2.34. The standard InChI is InChI=1S/C10H24N2S/c1-5-6-9(2)7-8-13-10(11-3)12-4/h9-12H,5-8H2,1-4H3. The molecular weight excluding hydrogens is 180 g/mol. The third kappa shape index (κ3) is 7.35. The second-order valence-corrected chi connectivity index (χ2v) is 4.72. The van der Waals surface area contributed by atoms with Gasteiger partial charge in [0.1, 0.15) is 5.50 Å². The SMILES string of the molecule is CCCC(C)CCSC(NC)NC. The molecule has 13 heavy (non-hydrogen) atoms. The second kappa shape index (κ2) is 8.85. The summed E-state index contributed by atoms with van der Waals surface area (Å²) >= 11 is 1.95. The minimum atomic E-state index is 0.411. The molecule has 0 aromatic carbocycles. The van der Waals surface area contributed by atoms with Gasteiger partial charge < -0.3 is 0 Å². The van der Waals surface area contributed by atoms with Crippen molar-refractivity contribution in [1.82, 2.24) is 10.6 Å². The molecule has 1 atom stereocenters. The predicted octanol–water partition coefficient (Wildman–Crippen LogP) is 2.27. The van der Waals surface area contributed by atoms with E-state index in [1.165, 1.54) is 25.0 Å². The molecule has 0 saturated heterocycles. The predicted molar refractivity (Wildman–Crippen MR) is 63.1 cm³/mol.